The minimum Gasteiger partial charge on any atom is -0.488 e. The van der Waals surface area contributed by atoms with E-state index >= 15 is 0 Å². The average molecular weight is 602 g/mol. The molecular formula is C13H14ClI3O. The van der Waals surface area contributed by atoms with Crippen LogP contribution in [0.15, 0.2) is 12.1 Å². The fraction of sp³-hybridized carbons (Fsp3) is 0.538. The molecule has 1 aliphatic carbocycles. The molecular weight excluding hydrogens is 588 g/mol. The first-order chi connectivity index (χ1) is 8.38. The van der Waals surface area contributed by atoms with Crippen LogP contribution in [-0.2, 0) is 0 Å². The Hall–Kier alpha value is 1.50. The Balaban J connectivity index is 2.21. The van der Waals surface area contributed by atoms with E-state index in [9.17, 15) is 0 Å². The maximum atomic E-state index is 6.34. The molecule has 0 bridgehead atoms. The SMILES string of the molecule is CCC1(C)C(Cl)CC1Oc1c(I)cc(I)cc1I. The normalized spacial score (nSPS) is 31.0. The van der Waals surface area contributed by atoms with Gasteiger partial charge < -0.3 is 4.74 Å². The molecule has 1 saturated carbocycles. The number of hydrogen-bond acceptors (Lipinski definition) is 1. The van der Waals surface area contributed by atoms with E-state index in [0.29, 0.717) is 0 Å². The molecule has 0 aromatic heterocycles. The van der Waals surface area contributed by atoms with Gasteiger partial charge in [-0.1, -0.05) is 13.8 Å². The van der Waals surface area contributed by atoms with E-state index in [1.54, 1.807) is 0 Å². The largest absolute Gasteiger partial charge is 0.488 e. The molecule has 3 unspecified atom stereocenters. The fourth-order valence-corrected chi connectivity index (χ4v) is 6.48. The quantitative estimate of drug-likeness (QED) is 0.320. The standard InChI is InChI=1S/C13H14ClI3O/c1-3-13(2)10(14)6-11(13)18-12-8(16)4-7(15)5-9(12)17/h4-5,10-11H,3,6H2,1-2H3. The predicted molar refractivity (Wildman–Crippen MR) is 102 cm³/mol. The molecule has 0 radical (unpaired) electrons. The van der Waals surface area contributed by atoms with Crippen molar-refractivity contribution >= 4 is 79.4 Å². The summed E-state index contributed by atoms with van der Waals surface area (Å²) >= 11 is 13.4. The smallest absolute Gasteiger partial charge is 0.146 e. The highest BCUT2D eigenvalue weighted by molar-refractivity contribution is 14.1. The van der Waals surface area contributed by atoms with Crippen LogP contribution in [0.1, 0.15) is 26.7 Å². The van der Waals surface area contributed by atoms with Gasteiger partial charge in [0.1, 0.15) is 11.9 Å². The van der Waals surface area contributed by atoms with Gasteiger partial charge in [0.15, 0.2) is 0 Å². The van der Waals surface area contributed by atoms with Crippen LogP contribution in [0.3, 0.4) is 0 Å². The summed E-state index contributed by atoms with van der Waals surface area (Å²) < 4.78 is 9.85. The lowest BCUT2D eigenvalue weighted by Gasteiger charge is -2.50. The third kappa shape index (κ3) is 2.90. The number of hydrogen-bond donors (Lipinski definition) is 0. The molecule has 0 amide bonds. The van der Waals surface area contributed by atoms with E-state index in [1.165, 1.54) is 10.7 Å². The van der Waals surface area contributed by atoms with E-state index in [1.807, 2.05) is 0 Å². The highest BCUT2D eigenvalue weighted by Crippen LogP contribution is 2.50. The first kappa shape index (κ1) is 15.9. The molecule has 0 heterocycles. The third-order valence-corrected chi connectivity index (χ3v) is 6.76. The van der Waals surface area contributed by atoms with Crippen LogP contribution in [0.25, 0.3) is 0 Å². The molecule has 1 nitrogen and oxygen atoms in total. The molecule has 5 heteroatoms. The first-order valence-corrected chi connectivity index (χ1v) is 9.51. The molecule has 1 aromatic rings. The van der Waals surface area contributed by atoms with Crippen molar-refractivity contribution in [2.24, 2.45) is 5.41 Å². The monoisotopic (exact) mass is 602 g/mol. The Labute approximate surface area is 154 Å². The van der Waals surface area contributed by atoms with E-state index in [4.69, 9.17) is 16.3 Å². The summed E-state index contributed by atoms with van der Waals surface area (Å²) in [5.74, 6) is 1.02. The maximum absolute atomic E-state index is 6.34. The van der Waals surface area contributed by atoms with Crippen molar-refractivity contribution in [1.29, 1.82) is 0 Å². The number of benzene rings is 1. The van der Waals surface area contributed by atoms with Gasteiger partial charge in [-0.05, 0) is 86.3 Å². The molecule has 18 heavy (non-hydrogen) atoms. The Kier molecular flexibility index (Phi) is 5.37. The van der Waals surface area contributed by atoms with Gasteiger partial charge in [-0.2, -0.15) is 0 Å². The summed E-state index contributed by atoms with van der Waals surface area (Å²) in [7, 11) is 0. The highest BCUT2D eigenvalue weighted by Gasteiger charge is 2.51. The van der Waals surface area contributed by atoms with E-state index in [2.05, 4.69) is 93.8 Å². The fourth-order valence-electron chi connectivity index (χ4n) is 2.18. The van der Waals surface area contributed by atoms with E-state index in [-0.39, 0.29) is 16.9 Å². The van der Waals surface area contributed by atoms with Gasteiger partial charge in [-0.15, -0.1) is 11.6 Å². The summed E-state index contributed by atoms with van der Waals surface area (Å²) in [6.07, 6.45) is 2.25. The Morgan fingerprint density at radius 3 is 2.33 bits per heavy atom. The van der Waals surface area contributed by atoms with Crippen LogP contribution in [-0.4, -0.2) is 11.5 Å². The minimum absolute atomic E-state index is 0.108. The van der Waals surface area contributed by atoms with Gasteiger partial charge in [-0.3, -0.25) is 0 Å². The zero-order valence-corrected chi connectivity index (χ0v) is 17.4. The Bertz CT molecular complexity index is 443. The molecule has 2 rings (SSSR count). The second kappa shape index (κ2) is 6.09. The zero-order valence-electron chi connectivity index (χ0n) is 10.1. The molecule has 0 saturated heterocycles. The molecule has 1 aromatic carbocycles. The lowest BCUT2D eigenvalue weighted by atomic mass is 9.65. The van der Waals surface area contributed by atoms with Crippen molar-refractivity contribution in [3.8, 4) is 5.75 Å². The van der Waals surface area contributed by atoms with Crippen molar-refractivity contribution in [3.05, 3.63) is 22.8 Å². The second-order valence-electron chi connectivity index (χ2n) is 4.87. The predicted octanol–water partition coefficient (Wildman–Crippen LogP) is 5.68. The number of rotatable bonds is 3. The molecule has 0 N–H and O–H groups in total. The lowest BCUT2D eigenvalue weighted by Crippen LogP contribution is -2.55. The van der Waals surface area contributed by atoms with Gasteiger partial charge >= 0.3 is 0 Å². The Morgan fingerprint density at radius 2 is 1.89 bits per heavy atom. The van der Waals surface area contributed by atoms with Gasteiger partial charge in [0.05, 0.1) is 7.14 Å². The van der Waals surface area contributed by atoms with Crippen molar-refractivity contribution in [1.82, 2.24) is 0 Å². The summed E-state index contributed by atoms with van der Waals surface area (Å²) in [5, 5.41) is 0.242. The van der Waals surface area contributed by atoms with Crippen LogP contribution in [0.2, 0.25) is 0 Å². The summed E-state index contributed by atoms with van der Waals surface area (Å²) in [6, 6.07) is 4.30. The summed E-state index contributed by atoms with van der Waals surface area (Å²) in [5.41, 5.74) is 0.108. The molecule has 100 valence electrons. The van der Waals surface area contributed by atoms with Crippen molar-refractivity contribution < 1.29 is 4.74 Å². The zero-order chi connectivity index (χ0) is 13.5. The number of halogens is 4. The minimum atomic E-state index is 0.108. The first-order valence-electron chi connectivity index (χ1n) is 5.83. The average Bonchev–Trinajstić information content (AvgIpc) is 2.30. The number of alkyl halides is 1. The summed E-state index contributed by atoms with van der Waals surface area (Å²) in [6.45, 7) is 4.42. The molecule has 0 spiro atoms. The topological polar surface area (TPSA) is 9.23 Å². The van der Waals surface area contributed by atoms with Crippen LogP contribution < -0.4 is 4.74 Å². The number of ether oxygens (including phenoxy) is 1. The van der Waals surface area contributed by atoms with E-state index in [0.717, 1.165) is 18.6 Å². The van der Waals surface area contributed by atoms with E-state index < -0.39 is 0 Å². The summed E-state index contributed by atoms with van der Waals surface area (Å²) in [4.78, 5) is 0. The van der Waals surface area contributed by atoms with Gasteiger partial charge in [0, 0.05) is 20.8 Å². The van der Waals surface area contributed by atoms with Crippen molar-refractivity contribution in [2.75, 3.05) is 0 Å². The van der Waals surface area contributed by atoms with Crippen molar-refractivity contribution in [2.45, 2.75) is 38.2 Å². The van der Waals surface area contributed by atoms with Crippen molar-refractivity contribution in [3.63, 3.8) is 0 Å². The molecule has 1 aliphatic rings. The van der Waals surface area contributed by atoms with Gasteiger partial charge in [-0.25, -0.2) is 0 Å². The molecule has 0 aliphatic heterocycles. The molecule has 1 fully saturated rings. The van der Waals surface area contributed by atoms with Crippen LogP contribution in [0, 0.1) is 16.1 Å². The second-order valence-corrected chi connectivity index (χ2v) is 8.96. The van der Waals surface area contributed by atoms with Gasteiger partial charge in [0.25, 0.3) is 0 Å². The third-order valence-electron chi connectivity index (χ3n) is 3.86. The lowest BCUT2D eigenvalue weighted by molar-refractivity contribution is -0.0305. The maximum Gasteiger partial charge on any atom is 0.146 e. The van der Waals surface area contributed by atoms with Crippen LogP contribution in [0.5, 0.6) is 5.75 Å². The van der Waals surface area contributed by atoms with Crippen LogP contribution in [0.4, 0.5) is 0 Å². The van der Waals surface area contributed by atoms with Gasteiger partial charge in [0.2, 0.25) is 0 Å². The molecule has 3 atom stereocenters. The highest BCUT2D eigenvalue weighted by atomic mass is 127. The van der Waals surface area contributed by atoms with Crippen LogP contribution >= 0.6 is 79.4 Å². The Morgan fingerprint density at radius 1 is 1.33 bits per heavy atom.